The maximum absolute atomic E-state index is 12.3. The Morgan fingerprint density at radius 1 is 0.840 bits per heavy atom. The number of nitrogens with one attached hydrogen (secondary N) is 1. The zero-order chi connectivity index (χ0) is 17.5. The van der Waals surface area contributed by atoms with Gasteiger partial charge >= 0.3 is 0 Å². The molecule has 0 aliphatic carbocycles. The summed E-state index contributed by atoms with van der Waals surface area (Å²) in [4.78, 5) is 12.3. The molecule has 1 amide bonds. The molecule has 3 aromatic rings. The van der Waals surface area contributed by atoms with Gasteiger partial charge in [0.15, 0.2) is 5.75 Å². The van der Waals surface area contributed by atoms with Crippen LogP contribution in [0.2, 0.25) is 5.02 Å². The third-order valence-corrected chi connectivity index (χ3v) is 4.01. The Labute approximate surface area is 152 Å². The van der Waals surface area contributed by atoms with E-state index in [0.717, 1.165) is 5.56 Å². The SMILES string of the molecule is O=C(CCc1ccccc1)Nc1ccccc1Oc1ccccc1Cl. The highest BCUT2D eigenvalue weighted by Crippen LogP contribution is 2.33. The highest BCUT2D eigenvalue weighted by atomic mass is 35.5. The number of carbonyl (C=O) groups excluding carboxylic acids is 1. The average molecular weight is 352 g/mol. The van der Waals surface area contributed by atoms with Gasteiger partial charge in [0.1, 0.15) is 5.75 Å². The lowest BCUT2D eigenvalue weighted by Crippen LogP contribution is -2.13. The molecule has 0 unspecified atom stereocenters. The van der Waals surface area contributed by atoms with Crippen LogP contribution in [0, 0.1) is 0 Å². The molecular weight excluding hydrogens is 334 g/mol. The van der Waals surface area contributed by atoms with Crippen LogP contribution in [0.4, 0.5) is 5.69 Å². The van der Waals surface area contributed by atoms with Crippen molar-refractivity contribution in [2.45, 2.75) is 12.8 Å². The van der Waals surface area contributed by atoms with E-state index in [1.807, 2.05) is 60.7 Å². The van der Waals surface area contributed by atoms with Crippen molar-refractivity contribution in [1.29, 1.82) is 0 Å². The van der Waals surface area contributed by atoms with E-state index in [4.69, 9.17) is 16.3 Å². The van der Waals surface area contributed by atoms with Crippen molar-refractivity contribution >= 4 is 23.2 Å². The van der Waals surface area contributed by atoms with Gasteiger partial charge in [-0.3, -0.25) is 4.79 Å². The maximum atomic E-state index is 12.3. The minimum absolute atomic E-state index is 0.0564. The van der Waals surface area contributed by atoms with E-state index in [1.165, 1.54) is 0 Å². The number of ether oxygens (including phenoxy) is 1. The van der Waals surface area contributed by atoms with Gasteiger partial charge in [0, 0.05) is 6.42 Å². The van der Waals surface area contributed by atoms with Gasteiger partial charge in [-0.25, -0.2) is 0 Å². The molecule has 0 aromatic heterocycles. The van der Waals surface area contributed by atoms with Gasteiger partial charge in [0.25, 0.3) is 0 Å². The Morgan fingerprint density at radius 3 is 2.24 bits per heavy atom. The van der Waals surface area contributed by atoms with Crippen molar-refractivity contribution < 1.29 is 9.53 Å². The molecule has 0 atom stereocenters. The van der Waals surface area contributed by atoms with Crippen LogP contribution in [0.5, 0.6) is 11.5 Å². The standard InChI is InChI=1S/C21H18ClNO2/c22-17-10-4-6-12-19(17)25-20-13-7-5-11-18(20)23-21(24)15-14-16-8-2-1-3-9-16/h1-13H,14-15H2,(H,23,24). The molecule has 0 radical (unpaired) electrons. The van der Waals surface area contributed by atoms with Gasteiger partial charge in [-0.05, 0) is 36.2 Å². The molecule has 3 nitrogen and oxygen atoms in total. The van der Waals surface area contributed by atoms with Crippen LogP contribution in [-0.4, -0.2) is 5.91 Å². The number of hydrogen-bond donors (Lipinski definition) is 1. The molecule has 0 heterocycles. The van der Waals surface area contributed by atoms with Gasteiger partial charge < -0.3 is 10.1 Å². The van der Waals surface area contributed by atoms with Crippen LogP contribution in [-0.2, 0) is 11.2 Å². The lowest BCUT2D eigenvalue weighted by Gasteiger charge is -2.13. The van der Waals surface area contributed by atoms with E-state index in [2.05, 4.69) is 5.32 Å². The van der Waals surface area contributed by atoms with Crippen LogP contribution in [0.1, 0.15) is 12.0 Å². The molecule has 25 heavy (non-hydrogen) atoms. The lowest BCUT2D eigenvalue weighted by molar-refractivity contribution is -0.116. The Kier molecular flexibility index (Phi) is 5.70. The second kappa shape index (κ2) is 8.36. The molecule has 0 saturated heterocycles. The number of benzene rings is 3. The molecule has 126 valence electrons. The molecule has 0 bridgehead atoms. The minimum atomic E-state index is -0.0564. The van der Waals surface area contributed by atoms with E-state index in [-0.39, 0.29) is 5.91 Å². The van der Waals surface area contributed by atoms with E-state index in [1.54, 1.807) is 18.2 Å². The summed E-state index contributed by atoms with van der Waals surface area (Å²) in [5.41, 5.74) is 1.76. The fourth-order valence-electron chi connectivity index (χ4n) is 2.42. The summed E-state index contributed by atoms with van der Waals surface area (Å²) in [6.07, 6.45) is 1.10. The summed E-state index contributed by atoms with van der Waals surface area (Å²) in [6, 6.07) is 24.5. The second-order valence-corrected chi connectivity index (χ2v) is 5.97. The summed E-state index contributed by atoms with van der Waals surface area (Å²) in [5, 5.41) is 3.43. The topological polar surface area (TPSA) is 38.3 Å². The Morgan fingerprint density at radius 2 is 1.48 bits per heavy atom. The number of carbonyl (C=O) groups is 1. The van der Waals surface area contributed by atoms with Gasteiger partial charge in [0.05, 0.1) is 10.7 Å². The molecule has 0 saturated carbocycles. The molecule has 0 aliphatic heterocycles. The van der Waals surface area contributed by atoms with Crippen LogP contribution >= 0.6 is 11.6 Å². The quantitative estimate of drug-likeness (QED) is 0.618. The fraction of sp³-hybridized carbons (Fsp3) is 0.0952. The monoisotopic (exact) mass is 351 g/mol. The number of halogens is 1. The molecule has 1 N–H and O–H groups in total. The summed E-state index contributed by atoms with van der Waals surface area (Å²) >= 11 is 6.14. The van der Waals surface area contributed by atoms with Crippen molar-refractivity contribution in [2.75, 3.05) is 5.32 Å². The first-order valence-electron chi connectivity index (χ1n) is 8.07. The van der Waals surface area contributed by atoms with Gasteiger partial charge in [-0.15, -0.1) is 0 Å². The predicted octanol–water partition coefficient (Wildman–Crippen LogP) is 5.70. The van der Waals surface area contributed by atoms with Crippen molar-refractivity contribution in [3.63, 3.8) is 0 Å². The number of hydrogen-bond acceptors (Lipinski definition) is 2. The summed E-state index contributed by atoms with van der Waals surface area (Å²) in [5.74, 6) is 1.05. The largest absolute Gasteiger partial charge is 0.454 e. The summed E-state index contributed by atoms with van der Waals surface area (Å²) in [7, 11) is 0. The van der Waals surface area contributed by atoms with Gasteiger partial charge in [-0.1, -0.05) is 66.2 Å². The van der Waals surface area contributed by atoms with Crippen LogP contribution in [0.25, 0.3) is 0 Å². The molecule has 0 aliphatic rings. The van der Waals surface area contributed by atoms with Crippen LogP contribution < -0.4 is 10.1 Å². The van der Waals surface area contributed by atoms with Crippen molar-refractivity contribution in [2.24, 2.45) is 0 Å². The number of anilines is 1. The van der Waals surface area contributed by atoms with E-state index >= 15 is 0 Å². The molecule has 0 spiro atoms. The molecular formula is C21H18ClNO2. The third-order valence-electron chi connectivity index (χ3n) is 3.70. The van der Waals surface area contributed by atoms with E-state index in [9.17, 15) is 4.79 Å². The average Bonchev–Trinajstić information content (AvgIpc) is 2.64. The summed E-state index contributed by atoms with van der Waals surface area (Å²) in [6.45, 7) is 0. The first kappa shape index (κ1) is 17.1. The lowest BCUT2D eigenvalue weighted by atomic mass is 10.1. The zero-order valence-corrected chi connectivity index (χ0v) is 14.4. The second-order valence-electron chi connectivity index (χ2n) is 5.56. The van der Waals surface area contributed by atoms with Gasteiger partial charge in [-0.2, -0.15) is 0 Å². The van der Waals surface area contributed by atoms with Crippen molar-refractivity contribution in [1.82, 2.24) is 0 Å². The van der Waals surface area contributed by atoms with Crippen LogP contribution in [0.15, 0.2) is 78.9 Å². The Bertz CT molecular complexity index is 849. The highest BCUT2D eigenvalue weighted by molar-refractivity contribution is 6.32. The minimum Gasteiger partial charge on any atom is -0.454 e. The smallest absolute Gasteiger partial charge is 0.224 e. The third kappa shape index (κ3) is 4.85. The number of aryl methyl sites for hydroxylation is 1. The molecule has 4 heteroatoms. The van der Waals surface area contributed by atoms with Crippen molar-refractivity contribution in [3.05, 3.63) is 89.4 Å². The number of amides is 1. The zero-order valence-electron chi connectivity index (χ0n) is 13.6. The first-order chi connectivity index (χ1) is 12.2. The first-order valence-corrected chi connectivity index (χ1v) is 8.45. The summed E-state index contributed by atoms with van der Waals surface area (Å²) < 4.78 is 5.86. The number of rotatable bonds is 6. The van der Waals surface area contributed by atoms with Crippen molar-refractivity contribution in [3.8, 4) is 11.5 Å². The molecule has 0 fully saturated rings. The predicted molar refractivity (Wildman–Crippen MR) is 101 cm³/mol. The van der Waals surface area contributed by atoms with Gasteiger partial charge in [0.2, 0.25) is 5.91 Å². The Balaban J connectivity index is 1.66. The van der Waals surface area contributed by atoms with E-state index < -0.39 is 0 Å². The number of para-hydroxylation sites is 3. The van der Waals surface area contributed by atoms with Crippen LogP contribution in [0.3, 0.4) is 0 Å². The molecule has 3 aromatic carbocycles. The Hall–Kier alpha value is -2.78. The highest BCUT2D eigenvalue weighted by Gasteiger charge is 2.10. The fourth-order valence-corrected chi connectivity index (χ4v) is 2.59. The maximum Gasteiger partial charge on any atom is 0.224 e. The molecule has 3 rings (SSSR count). The van der Waals surface area contributed by atoms with E-state index in [0.29, 0.717) is 35.1 Å². The normalized spacial score (nSPS) is 10.3.